The highest BCUT2D eigenvalue weighted by atomic mass is 16.6. The summed E-state index contributed by atoms with van der Waals surface area (Å²) >= 11 is 0. The molecule has 7 nitrogen and oxygen atoms in total. The van der Waals surface area contributed by atoms with E-state index >= 15 is 0 Å². The molecule has 1 rings (SSSR count). The molecule has 7 heteroatoms. The van der Waals surface area contributed by atoms with Gasteiger partial charge in [0, 0.05) is 12.1 Å². The standard InChI is InChI=1S/C10H13N3O4/c1-2-5-17-9-4-3-7(13(15)16)6-8(9)10(11)12-14/h3-4,6,14H,2,5H2,1H3,(H2,11,12). The number of hydrogen-bond donors (Lipinski definition) is 2. The lowest BCUT2D eigenvalue weighted by molar-refractivity contribution is -0.384. The van der Waals surface area contributed by atoms with Gasteiger partial charge in [0.05, 0.1) is 17.1 Å². The largest absolute Gasteiger partial charge is 0.493 e. The first-order valence-corrected chi connectivity index (χ1v) is 4.99. The monoisotopic (exact) mass is 239 g/mol. The quantitative estimate of drug-likeness (QED) is 0.266. The molecule has 0 heterocycles. The minimum absolute atomic E-state index is 0.143. The van der Waals surface area contributed by atoms with Crippen LogP contribution in [-0.4, -0.2) is 22.6 Å². The second kappa shape index (κ2) is 5.69. The van der Waals surface area contributed by atoms with Crippen molar-refractivity contribution in [1.29, 1.82) is 0 Å². The van der Waals surface area contributed by atoms with Crippen LogP contribution in [0.2, 0.25) is 0 Å². The molecule has 0 unspecified atom stereocenters. The number of amidine groups is 1. The molecule has 0 aromatic heterocycles. The molecule has 17 heavy (non-hydrogen) atoms. The Morgan fingerprint density at radius 3 is 2.88 bits per heavy atom. The Balaban J connectivity index is 3.17. The molecule has 0 amide bonds. The van der Waals surface area contributed by atoms with E-state index in [4.69, 9.17) is 15.7 Å². The lowest BCUT2D eigenvalue weighted by atomic mass is 10.1. The van der Waals surface area contributed by atoms with E-state index in [9.17, 15) is 10.1 Å². The SMILES string of the molecule is CCCOc1ccc([N+](=O)[O-])cc1C(N)=NO. The number of rotatable bonds is 5. The zero-order valence-electron chi connectivity index (χ0n) is 9.29. The van der Waals surface area contributed by atoms with Crippen LogP contribution in [0.15, 0.2) is 23.4 Å². The average molecular weight is 239 g/mol. The second-order valence-corrected chi connectivity index (χ2v) is 3.27. The van der Waals surface area contributed by atoms with Gasteiger partial charge in [-0.05, 0) is 12.5 Å². The minimum atomic E-state index is -0.558. The fourth-order valence-electron chi connectivity index (χ4n) is 1.22. The van der Waals surface area contributed by atoms with E-state index in [2.05, 4.69) is 5.16 Å². The number of ether oxygens (including phenoxy) is 1. The van der Waals surface area contributed by atoms with E-state index in [1.807, 2.05) is 6.92 Å². The number of nitrogens with two attached hydrogens (primary N) is 1. The summed E-state index contributed by atoms with van der Waals surface area (Å²) in [7, 11) is 0. The Bertz CT molecular complexity index is 445. The maximum Gasteiger partial charge on any atom is 0.270 e. The zero-order valence-corrected chi connectivity index (χ0v) is 9.29. The van der Waals surface area contributed by atoms with Crippen molar-refractivity contribution in [2.45, 2.75) is 13.3 Å². The first-order valence-electron chi connectivity index (χ1n) is 4.99. The van der Waals surface area contributed by atoms with Crippen molar-refractivity contribution in [3.63, 3.8) is 0 Å². The van der Waals surface area contributed by atoms with Crippen molar-refractivity contribution < 1.29 is 14.9 Å². The molecule has 3 N–H and O–H groups in total. The van der Waals surface area contributed by atoms with Crippen molar-refractivity contribution in [3.8, 4) is 5.75 Å². The summed E-state index contributed by atoms with van der Waals surface area (Å²) in [6.45, 7) is 2.37. The van der Waals surface area contributed by atoms with Gasteiger partial charge in [-0.15, -0.1) is 0 Å². The highest BCUT2D eigenvalue weighted by Crippen LogP contribution is 2.24. The van der Waals surface area contributed by atoms with Gasteiger partial charge in [0.25, 0.3) is 5.69 Å². The summed E-state index contributed by atoms with van der Waals surface area (Å²) in [5.41, 5.74) is 5.49. The van der Waals surface area contributed by atoms with Gasteiger partial charge in [-0.25, -0.2) is 0 Å². The van der Waals surface area contributed by atoms with E-state index < -0.39 is 4.92 Å². The van der Waals surface area contributed by atoms with Crippen molar-refractivity contribution in [3.05, 3.63) is 33.9 Å². The Morgan fingerprint density at radius 1 is 1.65 bits per heavy atom. The summed E-state index contributed by atoms with van der Waals surface area (Å²) < 4.78 is 5.35. The fraction of sp³-hybridized carbons (Fsp3) is 0.300. The summed E-state index contributed by atoms with van der Waals surface area (Å²) in [4.78, 5) is 10.1. The average Bonchev–Trinajstić information content (AvgIpc) is 2.35. The molecule has 92 valence electrons. The molecule has 0 bridgehead atoms. The van der Waals surface area contributed by atoms with Crippen LogP contribution >= 0.6 is 0 Å². The molecule has 1 aromatic rings. The third-order valence-electron chi connectivity index (χ3n) is 2.02. The first kappa shape index (κ1) is 12.8. The Labute approximate surface area is 97.6 Å². The van der Waals surface area contributed by atoms with E-state index in [0.717, 1.165) is 6.42 Å². The van der Waals surface area contributed by atoms with Gasteiger partial charge in [-0.3, -0.25) is 10.1 Å². The van der Waals surface area contributed by atoms with Crippen LogP contribution in [0, 0.1) is 10.1 Å². The van der Waals surface area contributed by atoms with Gasteiger partial charge in [0.1, 0.15) is 5.75 Å². The molecular weight excluding hydrogens is 226 g/mol. The first-order chi connectivity index (χ1) is 8.10. The normalized spacial score (nSPS) is 11.2. The van der Waals surface area contributed by atoms with Gasteiger partial charge in [0.2, 0.25) is 0 Å². The van der Waals surface area contributed by atoms with Crippen LogP contribution in [-0.2, 0) is 0 Å². The number of non-ortho nitro benzene ring substituents is 1. The summed E-state index contributed by atoms with van der Waals surface area (Å²) in [6, 6.07) is 3.94. The third-order valence-corrected chi connectivity index (χ3v) is 2.02. The van der Waals surface area contributed by atoms with Crippen LogP contribution in [0.3, 0.4) is 0 Å². The van der Waals surface area contributed by atoms with Crippen molar-refractivity contribution in [2.75, 3.05) is 6.61 Å². The number of hydrogen-bond acceptors (Lipinski definition) is 5. The van der Waals surface area contributed by atoms with E-state index in [1.54, 1.807) is 0 Å². The van der Waals surface area contributed by atoms with Crippen LogP contribution in [0.25, 0.3) is 0 Å². The molecule has 0 saturated heterocycles. The number of oxime groups is 1. The van der Waals surface area contributed by atoms with Crippen LogP contribution in [0.1, 0.15) is 18.9 Å². The Hall–Kier alpha value is -2.31. The van der Waals surface area contributed by atoms with Crippen molar-refractivity contribution in [2.24, 2.45) is 10.9 Å². The fourth-order valence-corrected chi connectivity index (χ4v) is 1.22. The molecule has 0 atom stereocenters. The summed E-state index contributed by atoms with van der Waals surface area (Å²) in [5.74, 6) is 0.132. The summed E-state index contributed by atoms with van der Waals surface area (Å²) in [6.07, 6.45) is 0.784. The van der Waals surface area contributed by atoms with Gasteiger partial charge in [-0.1, -0.05) is 12.1 Å². The number of nitrogens with zero attached hydrogens (tertiary/aromatic N) is 2. The lowest BCUT2D eigenvalue weighted by Crippen LogP contribution is -2.15. The molecular formula is C10H13N3O4. The van der Waals surface area contributed by atoms with Crippen molar-refractivity contribution >= 4 is 11.5 Å². The van der Waals surface area contributed by atoms with Gasteiger partial charge in [0.15, 0.2) is 5.84 Å². The van der Waals surface area contributed by atoms with Gasteiger partial charge in [-0.2, -0.15) is 0 Å². The molecule has 1 aromatic carbocycles. The highest BCUT2D eigenvalue weighted by Gasteiger charge is 2.14. The molecule has 0 saturated carbocycles. The Kier molecular flexibility index (Phi) is 4.27. The van der Waals surface area contributed by atoms with Gasteiger partial charge >= 0.3 is 0 Å². The molecule has 0 fully saturated rings. The number of nitro groups is 1. The van der Waals surface area contributed by atoms with Gasteiger partial charge < -0.3 is 15.7 Å². The van der Waals surface area contributed by atoms with Crippen LogP contribution < -0.4 is 10.5 Å². The maximum atomic E-state index is 10.6. The minimum Gasteiger partial charge on any atom is -0.493 e. The summed E-state index contributed by atoms with van der Waals surface area (Å²) in [5, 5.41) is 22.0. The molecule has 0 aliphatic rings. The van der Waals surface area contributed by atoms with E-state index in [0.29, 0.717) is 12.4 Å². The predicted molar refractivity (Wildman–Crippen MR) is 61.4 cm³/mol. The van der Waals surface area contributed by atoms with Crippen LogP contribution in [0.5, 0.6) is 5.75 Å². The molecule has 0 radical (unpaired) electrons. The molecule has 0 spiro atoms. The third kappa shape index (κ3) is 3.07. The van der Waals surface area contributed by atoms with Crippen molar-refractivity contribution in [1.82, 2.24) is 0 Å². The van der Waals surface area contributed by atoms with Crippen LogP contribution in [0.4, 0.5) is 5.69 Å². The zero-order chi connectivity index (χ0) is 12.8. The molecule has 0 aliphatic carbocycles. The highest BCUT2D eigenvalue weighted by molar-refractivity contribution is 6.00. The smallest absolute Gasteiger partial charge is 0.270 e. The lowest BCUT2D eigenvalue weighted by Gasteiger charge is -2.09. The number of nitro benzene ring substituents is 1. The predicted octanol–water partition coefficient (Wildman–Crippen LogP) is 1.48. The van der Waals surface area contributed by atoms with E-state index in [-0.39, 0.29) is 17.1 Å². The van der Waals surface area contributed by atoms with E-state index in [1.165, 1.54) is 18.2 Å². The second-order valence-electron chi connectivity index (χ2n) is 3.27. The topological polar surface area (TPSA) is 111 Å². The molecule has 0 aliphatic heterocycles. The number of benzene rings is 1. The Morgan fingerprint density at radius 2 is 2.35 bits per heavy atom. The maximum absolute atomic E-state index is 10.6.